The number of pyridine rings is 1. The minimum absolute atomic E-state index is 0.594. The highest BCUT2D eigenvalue weighted by Gasteiger charge is 1.99. The number of nitrogens with zero attached hydrogens (tertiary/aromatic N) is 3. The Morgan fingerprint density at radius 1 is 1.25 bits per heavy atom. The van der Waals surface area contributed by atoms with Crippen LogP contribution in [0.25, 0.3) is 0 Å². The summed E-state index contributed by atoms with van der Waals surface area (Å²) in [6.45, 7) is 2.50. The first-order valence-corrected chi connectivity index (χ1v) is 5.24. The van der Waals surface area contributed by atoms with Crippen LogP contribution >= 0.6 is 11.6 Å². The van der Waals surface area contributed by atoms with E-state index in [0.717, 1.165) is 17.1 Å². The van der Waals surface area contributed by atoms with Crippen molar-refractivity contribution in [3.05, 3.63) is 47.3 Å². The Labute approximate surface area is 98.7 Å². The van der Waals surface area contributed by atoms with Crippen LogP contribution in [0.1, 0.15) is 11.4 Å². The first kappa shape index (κ1) is 10.8. The third kappa shape index (κ3) is 2.67. The summed E-state index contributed by atoms with van der Waals surface area (Å²) in [6, 6.07) is 1.82. The fourth-order valence-electron chi connectivity index (χ4n) is 1.21. The molecule has 0 aliphatic carbocycles. The summed E-state index contributed by atoms with van der Waals surface area (Å²) in [5, 5.41) is 3.77. The number of halogens is 1. The van der Waals surface area contributed by atoms with E-state index in [0.29, 0.717) is 11.6 Å². The number of aryl methyl sites for hydroxylation is 1. The van der Waals surface area contributed by atoms with E-state index in [2.05, 4.69) is 20.3 Å². The van der Waals surface area contributed by atoms with Gasteiger partial charge in [-0.05, 0) is 13.0 Å². The number of hydrogen-bond donors (Lipinski definition) is 1. The van der Waals surface area contributed by atoms with Crippen molar-refractivity contribution in [2.24, 2.45) is 0 Å². The van der Waals surface area contributed by atoms with Crippen LogP contribution in [-0.2, 0) is 6.54 Å². The summed E-state index contributed by atoms with van der Waals surface area (Å²) in [4.78, 5) is 12.3. The van der Waals surface area contributed by atoms with Crippen LogP contribution < -0.4 is 5.32 Å². The van der Waals surface area contributed by atoms with Crippen molar-refractivity contribution in [2.75, 3.05) is 5.32 Å². The molecule has 0 atom stereocenters. The molecule has 0 unspecified atom stereocenters. The average Bonchev–Trinajstić information content (AvgIpc) is 2.30. The molecule has 0 amide bonds. The van der Waals surface area contributed by atoms with Gasteiger partial charge in [-0.1, -0.05) is 11.6 Å². The molecule has 2 rings (SSSR count). The third-order valence-electron chi connectivity index (χ3n) is 2.07. The molecule has 2 aromatic heterocycles. The van der Waals surface area contributed by atoms with Crippen molar-refractivity contribution in [1.82, 2.24) is 15.0 Å². The van der Waals surface area contributed by atoms with Crippen molar-refractivity contribution < 1.29 is 0 Å². The van der Waals surface area contributed by atoms with Crippen molar-refractivity contribution >= 4 is 17.3 Å². The van der Waals surface area contributed by atoms with Gasteiger partial charge in [-0.25, -0.2) is 0 Å². The molecule has 0 spiro atoms. The maximum Gasteiger partial charge on any atom is 0.0820 e. The van der Waals surface area contributed by atoms with Gasteiger partial charge in [-0.15, -0.1) is 0 Å². The zero-order valence-electron chi connectivity index (χ0n) is 8.81. The van der Waals surface area contributed by atoms with E-state index >= 15 is 0 Å². The fourth-order valence-corrected chi connectivity index (χ4v) is 1.40. The number of rotatable bonds is 3. The highest BCUT2D eigenvalue weighted by atomic mass is 35.5. The Hall–Kier alpha value is -1.68. The smallest absolute Gasteiger partial charge is 0.0820 e. The summed E-state index contributed by atoms with van der Waals surface area (Å²) in [7, 11) is 0. The number of nitrogens with one attached hydrogen (secondary N) is 1. The van der Waals surface area contributed by atoms with E-state index in [4.69, 9.17) is 11.6 Å². The maximum absolute atomic E-state index is 5.95. The molecule has 2 heterocycles. The summed E-state index contributed by atoms with van der Waals surface area (Å²) >= 11 is 5.95. The second-order valence-corrected chi connectivity index (χ2v) is 3.77. The summed E-state index contributed by atoms with van der Waals surface area (Å²) < 4.78 is 0. The topological polar surface area (TPSA) is 50.7 Å². The highest BCUT2D eigenvalue weighted by Crippen LogP contribution is 2.19. The standard InChI is InChI=1S/C11H11ClN4/c1-8-4-15-9(5-14-8)6-16-11-2-3-13-7-10(11)12/h2-5,7H,6H2,1H3,(H,13,16). The Balaban J connectivity index is 2.02. The van der Waals surface area contributed by atoms with Crippen molar-refractivity contribution in [2.45, 2.75) is 13.5 Å². The van der Waals surface area contributed by atoms with Gasteiger partial charge < -0.3 is 5.32 Å². The van der Waals surface area contributed by atoms with E-state index in [1.165, 1.54) is 0 Å². The highest BCUT2D eigenvalue weighted by molar-refractivity contribution is 6.33. The molecule has 5 heteroatoms. The molecular formula is C11H11ClN4. The Bertz CT molecular complexity index is 470. The third-order valence-corrected chi connectivity index (χ3v) is 2.37. The Morgan fingerprint density at radius 3 is 2.81 bits per heavy atom. The Morgan fingerprint density at radius 2 is 2.12 bits per heavy atom. The van der Waals surface area contributed by atoms with Gasteiger partial charge in [0, 0.05) is 18.6 Å². The zero-order valence-corrected chi connectivity index (χ0v) is 9.57. The summed E-state index contributed by atoms with van der Waals surface area (Å²) in [6.07, 6.45) is 6.78. The number of aromatic nitrogens is 3. The van der Waals surface area contributed by atoms with Gasteiger partial charge in [0.15, 0.2) is 0 Å². The van der Waals surface area contributed by atoms with Crippen molar-refractivity contribution in [3.8, 4) is 0 Å². The van der Waals surface area contributed by atoms with Crippen molar-refractivity contribution in [3.63, 3.8) is 0 Å². The first-order chi connectivity index (χ1) is 7.75. The second-order valence-electron chi connectivity index (χ2n) is 3.36. The normalized spacial score (nSPS) is 10.1. The lowest BCUT2D eigenvalue weighted by Crippen LogP contribution is -2.03. The van der Waals surface area contributed by atoms with Gasteiger partial charge in [-0.2, -0.15) is 0 Å². The van der Waals surface area contributed by atoms with Gasteiger partial charge in [0.25, 0.3) is 0 Å². The quantitative estimate of drug-likeness (QED) is 0.886. The van der Waals surface area contributed by atoms with Gasteiger partial charge in [0.1, 0.15) is 0 Å². The van der Waals surface area contributed by atoms with Gasteiger partial charge >= 0.3 is 0 Å². The minimum atomic E-state index is 0.594. The lowest BCUT2D eigenvalue weighted by molar-refractivity contribution is 0.984. The molecular weight excluding hydrogens is 224 g/mol. The number of anilines is 1. The average molecular weight is 235 g/mol. The monoisotopic (exact) mass is 234 g/mol. The van der Waals surface area contributed by atoms with E-state index in [9.17, 15) is 0 Å². The summed E-state index contributed by atoms with van der Waals surface area (Å²) in [5.74, 6) is 0. The SMILES string of the molecule is Cc1cnc(CNc2ccncc2Cl)cn1. The molecule has 0 saturated heterocycles. The van der Waals surface area contributed by atoms with Crippen LogP contribution in [-0.4, -0.2) is 15.0 Å². The first-order valence-electron chi connectivity index (χ1n) is 4.86. The van der Waals surface area contributed by atoms with E-state index in [1.807, 2.05) is 13.0 Å². The molecule has 0 radical (unpaired) electrons. The molecule has 0 fully saturated rings. The lowest BCUT2D eigenvalue weighted by Gasteiger charge is -2.06. The molecule has 0 aliphatic rings. The van der Waals surface area contributed by atoms with Crippen molar-refractivity contribution in [1.29, 1.82) is 0 Å². The van der Waals surface area contributed by atoms with Crippen LogP contribution in [0.2, 0.25) is 5.02 Å². The molecule has 2 aromatic rings. The molecule has 0 aliphatic heterocycles. The minimum Gasteiger partial charge on any atom is -0.378 e. The summed E-state index contributed by atoms with van der Waals surface area (Å²) in [5.41, 5.74) is 2.63. The van der Waals surface area contributed by atoms with Gasteiger partial charge in [0.05, 0.1) is 34.8 Å². The van der Waals surface area contributed by atoms with Gasteiger partial charge in [-0.3, -0.25) is 15.0 Å². The molecule has 16 heavy (non-hydrogen) atoms. The number of hydrogen-bond acceptors (Lipinski definition) is 4. The van der Waals surface area contributed by atoms with Crippen LogP contribution in [0.5, 0.6) is 0 Å². The van der Waals surface area contributed by atoms with E-state index < -0.39 is 0 Å². The molecule has 1 N–H and O–H groups in total. The predicted octanol–water partition coefficient (Wildman–Crippen LogP) is 2.45. The van der Waals surface area contributed by atoms with E-state index in [1.54, 1.807) is 24.8 Å². The molecule has 82 valence electrons. The zero-order chi connectivity index (χ0) is 11.4. The Kier molecular flexibility index (Phi) is 3.31. The second kappa shape index (κ2) is 4.90. The molecule has 4 nitrogen and oxygen atoms in total. The fraction of sp³-hybridized carbons (Fsp3) is 0.182. The predicted molar refractivity (Wildman–Crippen MR) is 63.3 cm³/mol. The lowest BCUT2D eigenvalue weighted by atomic mass is 10.3. The maximum atomic E-state index is 5.95. The largest absolute Gasteiger partial charge is 0.378 e. The molecule has 0 aromatic carbocycles. The van der Waals surface area contributed by atoms with Gasteiger partial charge in [0.2, 0.25) is 0 Å². The van der Waals surface area contributed by atoms with Crippen LogP contribution in [0.3, 0.4) is 0 Å². The van der Waals surface area contributed by atoms with E-state index in [-0.39, 0.29) is 0 Å². The molecule has 0 saturated carbocycles. The van der Waals surface area contributed by atoms with Crippen LogP contribution in [0, 0.1) is 6.92 Å². The van der Waals surface area contributed by atoms with Crippen LogP contribution in [0.4, 0.5) is 5.69 Å². The molecule has 0 bridgehead atoms. The van der Waals surface area contributed by atoms with Crippen LogP contribution in [0.15, 0.2) is 30.9 Å².